The first-order chi connectivity index (χ1) is 13.8. The number of non-ortho nitro benzene ring substituents is 1. The van der Waals surface area contributed by atoms with Gasteiger partial charge in [-0.1, -0.05) is 0 Å². The molecule has 2 aromatic carbocycles. The van der Waals surface area contributed by atoms with Crippen LogP contribution < -0.4 is 5.32 Å². The summed E-state index contributed by atoms with van der Waals surface area (Å²) in [6.45, 7) is 3.76. The number of carbonyl (C=O) groups excluding carboxylic acids is 2. The van der Waals surface area contributed by atoms with E-state index in [2.05, 4.69) is 5.32 Å². The summed E-state index contributed by atoms with van der Waals surface area (Å²) in [7, 11) is 0. The van der Waals surface area contributed by atoms with Crippen molar-refractivity contribution in [2.24, 2.45) is 0 Å². The minimum Gasteiger partial charge on any atom is -0.336 e. The molecule has 152 valence electrons. The van der Waals surface area contributed by atoms with Gasteiger partial charge >= 0.3 is 0 Å². The van der Waals surface area contributed by atoms with Gasteiger partial charge in [0.2, 0.25) is 5.91 Å². The molecule has 1 heterocycles. The Hall–Kier alpha value is -3.33. The average Bonchev–Trinajstić information content (AvgIpc) is 2.73. The summed E-state index contributed by atoms with van der Waals surface area (Å²) < 4.78 is 13.0. The molecule has 1 saturated heterocycles. The molecule has 0 aliphatic carbocycles. The van der Waals surface area contributed by atoms with Gasteiger partial charge in [-0.05, 0) is 43.3 Å². The number of piperazine rings is 1. The van der Waals surface area contributed by atoms with Gasteiger partial charge in [0.05, 0.1) is 11.0 Å². The minimum absolute atomic E-state index is 0.0435. The molecule has 1 N–H and O–H groups in total. The minimum atomic E-state index is -0.499. The Bertz CT molecular complexity index is 894. The Morgan fingerprint density at radius 2 is 1.62 bits per heavy atom. The van der Waals surface area contributed by atoms with Gasteiger partial charge in [0.15, 0.2) is 0 Å². The van der Waals surface area contributed by atoms with E-state index in [0.717, 1.165) is 0 Å². The Labute approximate surface area is 167 Å². The molecular formula is C20H21FN4O4. The fraction of sp³-hybridized carbons (Fsp3) is 0.300. The first-order valence-electron chi connectivity index (χ1n) is 9.19. The molecule has 1 unspecified atom stereocenters. The standard InChI is InChI=1S/C20H21FN4O4/c1-14(19(26)22-17-6-8-18(9-7-17)25(28)29)23-10-12-24(13-11-23)20(27)15-2-4-16(21)5-3-15/h2-9,14H,10-13H2,1H3,(H,22,26). The fourth-order valence-corrected chi connectivity index (χ4v) is 3.17. The zero-order valence-corrected chi connectivity index (χ0v) is 15.9. The molecule has 0 bridgehead atoms. The number of nitro groups is 1. The largest absolute Gasteiger partial charge is 0.336 e. The van der Waals surface area contributed by atoms with Crippen molar-refractivity contribution >= 4 is 23.2 Å². The predicted molar refractivity (Wildman–Crippen MR) is 105 cm³/mol. The van der Waals surface area contributed by atoms with Gasteiger partial charge in [-0.15, -0.1) is 0 Å². The number of hydrogen-bond donors (Lipinski definition) is 1. The lowest BCUT2D eigenvalue weighted by molar-refractivity contribution is -0.384. The highest BCUT2D eigenvalue weighted by Gasteiger charge is 2.28. The van der Waals surface area contributed by atoms with Crippen LogP contribution in [0.1, 0.15) is 17.3 Å². The SMILES string of the molecule is CC(C(=O)Nc1ccc([N+](=O)[O-])cc1)N1CCN(C(=O)c2ccc(F)cc2)CC1. The summed E-state index contributed by atoms with van der Waals surface area (Å²) in [6.07, 6.45) is 0. The first kappa shape index (κ1) is 20.4. The van der Waals surface area contributed by atoms with Crippen LogP contribution in [0.4, 0.5) is 15.8 Å². The highest BCUT2D eigenvalue weighted by molar-refractivity contribution is 5.95. The van der Waals surface area contributed by atoms with E-state index in [-0.39, 0.29) is 23.3 Å². The second kappa shape index (κ2) is 8.78. The van der Waals surface area contributed by atoms with Crippen LogP contribution in [-0.2, 0) is 4.79 Å². The topological polar surface area (TPSA) is 95.8 Å². The molecule has 0 aromatic heterocycles. The van der Waals surface area contributed by atoms with Crippen LogP contribution in [0, 0.1) is 15.9 Å². The van der Waals surface area contributed by atoms with Crippen molar-refractivity contribution in [3.05, 3.63) is 70.0 Å². The van der Waals surface area contributed by atoms with Crippen LogP contribution >= 0.6 is 0 Å². The summed E-state index contributed by atoms with van der Waals surface area (Å²) in [6, 6.07) is 10.7. The molecule has 8 nitrogen and oxygen atoms in total. The summed E-state index contributed by atoms with van der Waals surface area (Å²) in [5.74, 6) is -0.774. The van der Waals surface area contributed by atoms with E-state index >= 15 is 0 Å². The predicted octanol–water partition coefficient (Wildman–Crippen LogP) is 2.52. The second-order valence-corrected chi connectivity index (χ2v) is 6.80. The molecule has 2 amide bonds. The molecule has 1 aliphatic heterocycles. The van der Waals surface area contributed by atoms with E-state index in [1.54, 1.807) is 11.8 Å². The number of nitro benzene ring substituents is 1. The molecule has 0 radical (unpaired) electrons. The molecule has 1 fully saturated rings. The van der Waals surface area contributed by atoms with Crippen molar-refractivity contribution in [3.8, 4) is 0 Å². The van der Waals surface area contributed by atoms with E-state index in [1.807, 2.05) is 4.90 Å². The lowest BCUT2D eigenvalue weighted by atomic mass is 10.1. The number of carbonyl (C=O) groups is 2. The van der Waals surface area contributed by atoms with Gasteiger partial charge in [0, 0.05) is 49.6 Å². The third-order valence-corrected chi connectivity index (χ3v) is 4.97. The summed E-state index contributed by atoms with van der Waals surface area (Å²) >= 11 is 0. The number of amides is 2. The quantitative estimate of drug-likeness (QED) is 0.615. The van der Waals surface area contributed by atoms with Crippen LogP contribution in [0.25, 0.3) is 0 Å². The van der Waals surface area contributed by atoms with E-state index in [9.17, 15) is 24.1 Å². The van der Waals surface area contributed by atoms with Crippen molar-refractivity contribution in [3.63, 3.8) is 0 Å². The molecule has 1 atom stereocenters. The summed E-state index contributed by atoms with van der Waals surface area (Å²) in [4.78, 5) is 38.8. The van der Waals surface area contributed by atoms with Gasteiger partial charge in [0.1, 0.15) is 5.82 Å². The third-order valence-electron chi connectivity index (χ3n) is 4.97. The van der Waals surface area contributed by atoms with Gasteiger partial charge < -0.3 is 10.2 Å². The maximum Gasteiger partial charge on any atom is 0.269 e. The maximum atomic E-state index is 13.0. The number of anilines is 1. The van der Waals surface area contributed by atoms with E-state index in [4.69, 9.17) is 0 Å². The highest BCUT2D eigenvalue weighted by atomic mass is 19.1. The lowest BCUT2D eigenvalue weighted by Crippen LogP contribution is -2.54. The third kappa shape index (κ3) is 4.94. The molecule has 0 spiro atoms. The summed E-state index contributed by atoms with van der Waals surface area (Å²) in [5, 5.41) is 13.4. The van der Waals surface area contributed by atoms with Crippen LogP contribution in [-0.4, -0.2) is 58.8 Å². The Kier molecular flexibility index (Phi) is 6.18. The van der Waals surface area contributed by atoms with Gasteiger partial charge in [-0.3, -0.25) is 24.6 Å². The Balaban J connectivity index is 1.53. The number of rotatable bonds is 5. The zero-order chi connectivity index (χ0) is 21.0. The van der Waals surface area contributed by atoms with Crippen molar-refractivity contribution in [1.82, 2.24) is 9.80 Å². The number of halogens is 1. The Morgan fingerprint density at radius 3 is 2.17 bits per heavy atom. The zero-order valence-electron chi connectivity index (χ0n) is 15.9. The van der Waals surface area contributed by atoms with Gasteiger partial charge in [-0.2, -0.15) is 0 Å². The first-order valence-corrected chi connectivity index (χ1v) is 9.19. The lowest BCUT2D eigenvalue weighted by Gasteiger charge is -2.37. The normalized spacial score (nSPS) is 15.6. The molecule has 1 aliphatic rings. The van der Waals surface area contributed by atoms with E-state index in [0.29, 0.717) is 37.4 Å². The number of benzene rings is 2. The molecule has 3 rings (SSSR count). The number of hydrogen-bond acceptors (Lipinski definition) is 5. The smallest absolute Gasteiger partial charge is 0.269 e. The number of nitrogens with zero attached hydrogens (tertiary/aromatic N) is 3. The highest BCUT2D eigenvalue weighted by Crippen LogP contribution is 2.17. The monoisotopic (exact) mass is 400 g/mol. The fourth-order valence-electron chi connectivity index (χ4n) is 3.17. The van der Waals surface area contributed by atoms with Gasteiger partial charge in [-0.25, -0.2) is 4.39 Å². The van der Waals surface area contributed by atoms with Crippen LogP contribution in [0.15, 0.2) is 48.5 Å². The molecule has 29 heavy (non-hydrogen) atoms. The van der Waals surface area contributed by atoms with Crippen molar-refractivity contribution in [1.29, 1.82) is 0 Å². The molecule has 2 aromatic rings. The molecule has 9 heteroatoms. The second-order valence-electron chi connectivity index (χ2n) is 6.80. The maximum absolute atomic E-state index is 13.0. The number of nitrogens with one attached hydrogen (secondary N) is 1. The average molecular weight is 400 g/mol. The van der Waals surface area contributed by atoms with Gasteiger partial charge in [0.25, 0.3) is 11.6 Å². The van der Waals surface area contributed by atoms with Crippen LogP contribution in [0.5, 0.6) is 0 Å². The van der Waals surface area contributed by atoms with E-state index in [1.165, 1.54) is 48.5 Å². The van der Waals surface area contributed by atoms with Crippen molar-refractivity contribution in [2.75, 3.05) is 31.5 Å². The van der Waals surface area contributed by atoms with Crippen molar-refractivity contribution in [2.45, 2.75) is 13.0 Å². The van der Waals surface area contributed by atoms with Crippen LogP contribution in [0.2, 0.25) is 0 Å². The molecular weight excluding hydrogens is 379 g/mol. The molecule has 0 saturated carbocycles. The van der Waals surface area contributed by atoms with E-state index < -0.39 is 11.0 Å². The Morgan fingerprint density at radius 1 is 1.03 bits per heavy atom. The summed E-state index contributed by atoms with van der Waals surface area (Å²) in [5.41, 5.74) is 0.874. The van der Waals surface area contributed by atoms with Crippen LogP contribution in [0.3, 0.4) is 0 Å². The van der Waals surface area contributed by atoms with Crippen molar-refractivity contribution < 1.29 is 18.9 Å².